The molecular formula is C50H73Cl3SiTi. The van der Waals surface area contributed by atoms with E-state index in [0.29, 0.717) is 5.92 Å². The first-order valence-electron chi connectivity index (χ1n) is 19.6. The summed E-state index contributed by atoms with van der Waals surface area (Å²) in [5, 5.41) is 6.06. The van der Waals surface area contributed by atoms with Crippen molar-refractivity contribution >= 4 is 28.8 Å². The first-order valence-corrected chi connectivity index (χ1v) is 21.6. The van der Waals surface area contributed by atoms with E-state index in [1.165, 1.54) is 54.5 Å². The van der Waals surface area contributed by atoms with Crippen molar-refractivity contribution < 1.29 is 58.9 Å². The average molecular weight is 856 g/mol. The van der Waals surface area contributed by atoms with E-state index in [-0.39, 0.29) is 91.4 Å². The van der Waals surface area contributed by atoms with Crippen molar-refractivity contribution in [3.63, 3.8) is 0 Å². The van der Waals surface area contributed by atoms with E-state index in [1.807, 2.05) is 0 Å². The Morgan fingerprint density at radius 3 is 0.800 bits per heavy atom. The molecule has 55 heavy (non-hydrogen) atoms. The molecule has 4 aromatic carbocycles. The molecular weight excluding hydrogens is 783 g/mol. The van der Waals surface area contributed by atoms with Gasteiger partial charge in [0.25, 0.3) is 0 Å². The molecule has 0 atom stereocenters. The van der Waals surface area contributed by atoms with Gasteiger partial charge >= 0.3 is 21.7 Å². The standard InChI is InChI=1S/C50H73Si.3ClH.Ti/c1-33(2)43-22-21-23-44(43)51(40-27-34(45(3,4)5)24-35(28-40)46(6,7)8,41-29-36(47(9,10)11)25-37(30-41)48(12,13)14)42-31-38(49(15,16)17)26-39(32-42)50(18,19)20;;;;/h21-33H,1-20H3;3*1H;/q-1;;;;+4/p-3. The third-order valence-electron chi connectivity index (χ3n) is 11.2. The van der Waals surface area contributed by atoms with Gasteiger partial charge in [0.15, 0.2) is 0 Å². The van der Waals surface area contributed by atoms with E-state index in [9.17, 15) is 0 Å². The Bertz CT molecular complexity index is 1590. The number of rotatable bonds is 5. The molecule has 302 valence electrons. The van der Waals surface area contributed by atoms with Gasteiger partial charge in [0.05, 0.1) is 0 Å². The third kappa shape index (κ3) is 11.5. The van der Waals surface area contributed by atoms with Crippen molar-refractivity contribution in [2.45, 2.75) is 177 Å². The summed E-state index contributed by atoms with van der Waals surface area (Å²) in [5.41, 5.74) is 9.99. The molecule has 0 fully saturated rings. The number of hydrogen-bond donors (Lipinski definition) is 0. The zero-order valence-corrected chi connectivity index (χ0v) is 43.0. The summed E-state index contributed by atoms with van der Waals surface area (Å²) < 4.78 is 0. The van der Waals surface area contributed by atoms with Crippen molar-refractivity contribution in [1.29, 1.82) is 0 Å². The van der Waals surface area contributed by atoms with Gasteiger partial charge in [-0.15, -0.1) is 5.19 Å². The van der Waals surface area contributed by atoms with E-state index in [0.717, 1.165) is 0 Å². The van der Waals surface area contributed by atoms with Gasteiger partial charge < -0.3 is 37.2 Å². The fourth-order valence-corrected chi connectivity index (χ4v) is 12.7. The van der Waals surface area contributed by atoms with Crippen LogP contribution >= 0.6 is 0 Å². The fourth-order valence-electron chi connectivity index (χ4n) is 7.38. The van der Waals surface area contributed by atoms with Gasteiger partial charge in [0.2, 0.25) is 0 Å². The van der Waals surface area contributed by atoms with Crippen LogP contribution < -0.4 is 58.0 Å². The van der Waals surface area contributed by atoms with E-state index in [4.69, 9.17) is 0 Å². The quantitative estimate of drug-likeness (QED) is 0.165. The van der Waals surface area contributed by atoms with Crippen molar-refractivity contribution in [2.75, 3.05) is 0 Å². The molecule has 0 aliphatic rings. The monoisotopic (exact) mass is 854 g/mol. The maximum absolute atomic E-state index is 3.02. The molecule has 0 amide bonds. The molecule has 0 saturated heterocycles. The maximum atomic E-state index is 2.64. The van der Waals surface area contributed by atoms with Crippen LogP contribution in [0.25, 0.3) is 0 Å². The zero-order chi connectivity index (χ0) is 38.9. The molecule has 0 heterocycles. The average Bonchev–Trinajstić information content (AvgIpc) is 3.45. The minimum absolute atomic E-state index is 0. The third-order valence-corrected chi connectivity index (χ3v) is 15.9. The molecule has 0 nitrogen and oxygen atoms in total. The summed E-state index contributed by atoms with van der Waals surface area (Å²) in [5.74, 6) is 0.399. The van der Waals surface area contributed by atoms with Crippen LogP contribution in [0.4, 0.5) is 0 Å². The summed E-state index contributed by atoms with van der Waals surface area (Å²) in [4.78, 5) is 0. The van der Waals surface area contributed by atoms with Gasteiger partial charge in [-0.2, -0.15) is 11.6 Å². The van der Waals surface area contributed by atoms with E-state index < -0.39 is 8.07 Å². The van der Waals surface area contributed by atoms with Crippen LogP contribution in [-0.2, 0) is 54.2 Å². The maximum Gasteiger partial charge on any atom is 4.00 e. The molecule has 4 rings (SSSR count). The zero-order valence-electron chi connectivity index (χ0n) is 38.1. The van der Waals surface area contributed by atoms with Crippen LogP contribution in [0.5, 0.6) is 0 Å². The summed E-state index contributed by atoms with van der Waals surface area (Å²) in [6.07, 6.45) is 0. The summed E-state index contributed by atoms with van der Waals surface area (Å²) >= 11 is 0. The normalized spacial score (nSPS) is 13.0. The van der Waals surface area contributed by atoms with Gasteiger partial charge in [0.1, 0.15) is 8.07 Å². The molecule has 0 unspecified atom stereocenters. The van der Waals surface area contributed by atoms with Gasteiger partial charge in [-0.3, -0.25) is 0 Å². The molecule has 0 aliphatic carbocycles. The van der Waals surface area contributed by atoms with Crippen LogP contribution in [0.3, 0.4) is 0 Å². The largest absolute Gasteiger partial charge is 4.00 e. The Labute approximate surface area is 373 Å². The molecule has 0 radical (unpaired) electrons. The topological polar surface area (TPSA) is 0 Å². The Balaban J connectivity index is 0.00000729. The van der Waals surface area contributed by atoms with E-state index >= 15 is 0 Å². The minimum atomic E-state index is -3.02. The first kappa shape index (κ1) is 53.8. The summed E-state index contributed by atoms with van der Waals surface area (Å²) in [6.45, 7) is 47.8. The molecule has 0 aromatic heterocycles. The summed E-state index contributed by atoms with van der Waals surface area (Å²) in [7, 11) is -3.02. The Morgan fingerprint density at radius 1 is 0.400 bits per heavy atom. The van der Waals surface area contributed by atoms with Crippen molar-refractivity contribution in [3.8, 4) is 0 Å². The van der Waals surface area contributed by atoms with Gasteiger partial charge in [-0.05, 0) is 71.8 Å². The fraction of sp³-hybridized carbons (Fsp3) is 0.540. The Kier molecular flexibility index (Phi) is 17.6. The molecule has 4 aromatic rings. The Hall–Kier alpha value is -1.19. The molecule has 0 saturated carbocycles. The van der Waals surface area contributed by atoms with E-state index in [2.05, 4.69) is 211 Å². The van der Waals surface area contributed by atoms with Crippen LogP contribution in [0.2, 0.25) is 0 Å². The molecule has 0 spiro atoms. The van der Waals surface area contributed by atoms with Crippen molar-refractivity contribution in [1.82, 2.24) is 0 Å². The number of hydrogen-bond acceptors (Lipinski definition) is 0. The number of halogens is 3. The van der Waals surface area contributed by atoms with Gasteiger partial charge in [0, 0.05) is 0 Å². The van der Waals surface area contributed by atoms with Gasteiger partial charge in [-0.1, -0.05) is 209 Å². The van der Waals surface area contributed by atoms with Crippen LogP contribution in [0.1, 0.15) is 183 Å². The molecule has 0 bridgehead atoms. The van der Waals surface area contributed by atoms with Crippen molar-refractivity contribution in [3.05, 3.63) is 112 Å². The number of benzene rings is 3. The van der Waals surface area contributed by atoms with Gasteiger partial charge in [-0.25, -0.2) is 12.1 Å². The summed E-state index contributed by atoms with van der Waals surface area (Å²) in [6, 6.07) is 30.7. The van der Waals surface area contributed by atoms with Crippen LogP contribution in [0.15, 0.2) is 72.8 Å². The first-order chi connectivity index (χ1) is 22.9. The molecule has 5 heteroatoms. The van der Waals surface area contributed by atoms with E-state index in [1.54, 1.807) is 5.19 Å². The molecule has 0 N–H and O–H groups in total. The Morgan fingerprint density at radius 2 is 0.618 bits per heavy atom. The second-order valence-electron chi connectivity index (χ2n) is 22.2. The smallest absolute Gasteiger partial charge is 1.00 e. The second kappa shape index (κ2) is 18.0. The molecule has 0 aliphatic heterocycles. The minimum Gasteiger partial charge on any atom is -1.00 e. The second-order valence-corrected chi connectivity index (χ2v) is 26.0. The van der Waals surface area contributed by atoms with Crippen LogP contribution in [0, 0.1) is 0 Å². The van der Waals surface area contributed by atoms with Crippen LogP contribution in [-0.4, -0.2) is 8.07 Å². The van der Waals surface area contributed by atoms with Crippen molar-refractivity contribution in [2.24, 2.45) is 0 Å². The predicted octanol–water partition coefficient (Wildman–Crippen LogP) is 2.70. The predicted molar refractivity (Wildman–Crippen MR) is 232 cm³/mol. The SMILES string of the molecule is CC(C)c1ccc[c-]1[Si](c1cc(C(C)(C)C)cc(C(C)(C)C)c1)(c1cc(C(C)(C)C)cc(C(C)(C)C)c1)c1cc(C(C)(C)C)cc(C(C)(C)C)c1.[Cl-].[Cl-].[Cl-].[Ti+4].